The first-order chi connectivity index (χ1) is 14.7. The SMILES string of the molecule is O=C(c1cc(Cl)ccc1Cl)N1CCCC(c2nnc(-c3ccc(C(F)(F)F)cc3)o2)C1. The number of piperidine rings is 1. The maximum Gasteiger partial charge on any atom is 0.416 e. The van der Waals surface area contributed by atoms with Crippen LogP contribution in [-0.2, 0) is 6.18 Å². The molecule has 0 N–H and O–H groups in total. The quantitative estimate of drug-likeness (QED) is 0.466. The molecule has 1 unspecified atom stereocenters. The molecule has 1 aliphatic rings. The Labute approximate surface area is 185 Å². The molecule has 10 heteroatoms. The summed E-state index contributed by atoms with van der Waals surface area (Å²) in [4.78, 5) is 14.6. The molecule has 1 aliphatic heterocycles. The maximum absolute atomic E-state index is 12.9. The average Bonchev–Trinajstić information content (AvgIpc) is 3.25. The minimum Gasteiger partial charge on any atom is -0.420 e. The number of halogens is 5. The van der Waals surface area contributed by atoms with Gasteiger partial charge in [0.25, 0.3) is 5.91 Å². The minimum atomic E-state index is -4.41. The first-order valence-electron chi connectivity index (χ1n) is 9.48. The fourth-order valence-electron chi connectivity index (χ4n) is 3.51. The van der Waals surface area contributed by atoms with Crippen LogP contribution in [0.4, 0.5) is 13.2 Å². The van der Waals surface area contributed by atoms with E-state index in [0.29, 0.717) is 40.2 Å². The lowest BCUT2D eigenvalue weighted by molar-refractivity contribution is -0.137. The van der Waals surface area contributed by atoms with Gasteiger partial charge in [0.15, 0.2) is 0 Å². The number of aromatic nitrogens is 2. The molecule has 31 heavy (non-hydrogen) atoms. The van der Waals surface area contributed by atoms with Gasteiger partial charge in [-0.1, -0.05) is 23.2 Å². The van der Waals surface area contributed by atoms with E-state index in [1.54, 1.807) is 17.0 Å². The summed E-state index contributed by atoms with van der Waals surface area (Å²) in [6.45, 7) is 0.911. The van der Waals surface area contributed by atoms with Crippen molar-refractivity contribution in [1.29, 1.82) is 0 Å². The summed E-state index contributed by atoms with van der Waals surface area (Å²) in [6, 6.07) is 9.23. The highest BCUT2D eigenvalue weighted by atomic mass is 35.5. The molecule has 0 bridgehead atoms. The van der Waals surface area contributed by atoms with E-state index >= 15 is 0 Å². The Hall–Kier alpha value is -2.58. The molecule has 5 nitrogen and oxygen atoms in total. The first kappa shape index (κ1) is 21.6. The van der Waals surface area contributed by atoms with Crippen LogP contribution in [0.1, 0.15) is 40.6 Å². The molecule has 0 spiro atoms. The summed E-state index contributed by atoms with van der Waals surface area (Å²) in [6.07, 6.45) is -2.95. The smallest absolute Gasteiger partial charge is 0.416 e. The number of nitrogens with zero attached hydrogens (tertiary/aromatic N) is 3. The standard InChI is InChI=1S/C21H16Cl2F3N3O2/c22-15-7-8-17(23)16(10-15)20(30)29-9-1-2-13(11-29)19-28-27-18(31-19)12-3-5-14(6-4-12)21(24,25)26/h3-8,10,13H,1-2,9,11H2. The third-order valence-corrected chi connectivity index (χ3v) is 5.68. The van der Waals surface area contributed by atoms with Crippen molar-refractivity contribution in [3.8, 4) is 11.5 Å². The van der Waals surface area contributed by atoms with Crippen molar-refractivity contribution in [2.75, 3.05) is 13.1 Å². The Morgan fingerprint density at radius 2 is 1.84 bits per heavy atom. The molecule has 1 saturated heterocycles. The van der Waals surface area contributed by atoms with E-state index in [9.17, 15) is 18.0 Å². The molecule has 162 valence electrons. The lowest BCUT2D eigenvalue weighted by Crippen LogP contribution is -2.39. The predicted molar refractivity (Wildman–Crippen MR) is 109 cm³/mol. The molecular weight excluding hydrogens is 454 g/mol. The van der Waals surface area contributed by atoms with Gasteiger partial charge in [0.1, 0.15) is 0 Å². The molecule has 0 radical (unpaired) electrons. The molecule has 2 heterocycles. The zero-order valence-electron chi connectivity index (χ0n) is 16.0. The number of likely N-dealkylation sites (tertiary alicyclic amines) is 1. The van der Waals surface area contributed by atoms with Crippen molar-refractivity contribution >= 4 is 29.1 Å². The van der Waals surface area contributed by atoms with Gasteiger partial charge in [-0.05, 0) is 55.3 Å². The van der Waals surface area contributed by atoms with Crippen LogP contribution >= 0.6 is 23.2 Å². The van der Waals surface area contributed by atoms with Crippen molar-refractivity contribution in [2.45, 2.75) is 24.9 Å². The molecule has 1 aromatic heterocycles. The van der Waals surface area contributed by atoms with E-state index in [1.165, 1.54) is 18.2 Å². The molecular formula is C21H16Cl2F3N3O2. The third kappa shape index (κ3) is 4.70. The number of hydrogen-bond acceptors (Lipinski definition) is 4. The van der Waals surface area contributed by atoms with Gasteiger partial charge in [0, 0.05) is 23.7 Å². The zero-order valence-corrected chi connectivity index (χ0v) is 17.5. The maximum atomic E-state index is 12.9. The van der Waals surface area contributed by atoms with Crippen LogP contribution in [0.5, 0.6) is 0 Å². The Kier molecular flexibility index (Phi) is 5.94. The van der Waals surface area contributed by atoms with E-state index in [4.69, 9.17) is 27.6 Å². The van der Waals surface area contributed by atoms with Crippen molar-refractivity contribution in [3.05, 3.63) is 69.5 Å². The van der Waals surface area contributed by atoms with Gasteiger partial charge in [-0.15, -0.1) is 10.2 Å². The lowest BCUT2D eigenvalue weighted by atomic mass is 9.97. The Balaban J connectivity index is 1.50. The monoisotopic (exact) mass is 469 g/mol. The number of carbonyl (C=O) groups is 1. The lowest BCUT2D eigenvalue weighted by Gasteiger charge is -2.31. The summed E-state index contributed by atoms with van der Waals surface area (Å²) < 4.78 is 43.9. The van der Waals surface area contributed by atoms with E-state index < -0.39 is 11.7 Å². The van der Waals surface area contributed by atoms with E-state index in [2.05, 4.69) is 10.2 Å². The Morgan fingerprint density at radius 3 is 2.55 bits per heavy atom. The summed E-state index contributed by atoms with van der Waals surface area (Å²) in [5.41, 5.74) is -0.0379. The van der Waals surface area contributed by atoms with Gasteiger partial charge < -0.3 is 9.32 Å². The second kappa shape index (κ2) is 8.51. The Morgan fingerprint density at radius 1 is 1.10 bits per heavy atom. The first-order valence-corrected chi connectivity index (χ1v) is 10.2. The summed E-state index contributed by atoms with van der Waals surface area (Å²) in [7, 11) is 0. The van der Waals surface area contributed by atoms with Crippen molar-refractivity contribution in [1.82, 2.24) is 15.1 Å². The molecule has 3 aromatic rings. The van der Waals surface area contributed by atoms with Crippen molar-refractivity contribution in [2.24, 2.45) is 0 Å². The molecule has 0 saturated carbocycles. The fraction of sp³-hybridized carbons (Fsp3) is 0.286. The number of carbonyl (C=O) groups excluding carboxylic acids is 1. The van der Waals surface area contributed by atoms with E-state index in [1.807, 2.05) is 0 Å². The van der Waals surface area contributed by atoms with Crippen molar-refractivity contribution < 1.29 is 22.4 Å². The third-order valence-electron chi connectivity index (χ3n) is 5.12. The van der Waals surface area contributed by atoms with Crippen LogP contribution in [-0.4, -0.2) is 34.1 Å². The summed E-state index contributed by atoms with van der Waals surface area (Å²) in [5, 5.41) is 8.76. The number of amides is 1. The van der Waals surface area contributed by atoms with Crippen LogP contribution < -0.4 is 0 Å². The summed E-state index contributed by atoms with van der Waals surface area (Å²) >= 11 is 12.2. The van der Waals surface area contributed by atoms with Gasteiger partial charge in [0.05, 0.1) is 22.1 Å². The zero-order chi connectivity index (χ0) is 22.2. The normalized spacial score (nSPS) is 17.1. The van der Waals surface area contributed by atoms with Crippen LogP contribution in [0.15, 0.2) is 46.9 Å². The molecule has 1 atom stereocenters. The molecule has 2 aromatic carbocycles. The molecule has 1 fully saturated rings. The predicted octanol–water partition coefficient (Wildman–Crippen LogP) is 6.08. The summed E-state index contributed by atoms with van der Waals surface area (Å²) in [5.74, 6) is 0.0423. The molecule has 4 rings (SSSR count). The van der Waals surface area contributed by atoms with Gasteiger partial charge in [-0.3, -0.25) is 4.79 Å². The average molecular weight is 470 g/mol. The Bertz CT molecular complexity index is 1100. The van der Waals surface area contributed by atoms with Crippen LogP contribution in [0.3, 0.4) is 0 Å². The van der Waals surface area contributed by atoms with Crippen LogP contribution in [0, 0.1) is 0 Å². The minimum absolute atomic E-state index is 0.130. The van der Waals surface area contributed by atoms with Crippen LogP contribution in [0.25, 0.3) is 11.5 Å². The molecule has 0 aliphatic carbocycles. The largest absolute Gasteiger partial charge is 0.420 e. The van der Waals surface area contributed by atoms with Crippen molar-refractivity contribution in [3.63, 3.8) is 0 Å². The topological polar surface area (TPSA) is 59.2 Å². The fourth-order valence-corrected chi connectivity index (χ4v) is 3.88. The highest BCUT2D eigenvalue weighted by Crippen LogP contribution is 2.33. The van der Waals surface area contributed by atoms with E-state index in [-0.39, 0.29) is 17.7 Å². The second-order valence-electron chi connectivity index (χ2n) is 7.24. The number of hydrogen-bond donors (Lipinski definition) is 0. The van der Waals surface area contributed by atoms with Gasteiger partial charge in [-0.25, -0.2) is 0 Å². The number of alkyl halides is 3. The van der Waals surface area contributed by atoms with E-state index in [0.717, 1.165) is 25.0 Å². The molecule has 1 amide bonds. The highest BCUT2D eigenvalue weighted by molar-refractivity contribution is 6.35. The van der Waals surface area contributed by atoms with Gasteiger partial charge in [0.2, 0.25) is 11.8 Å². The second-order valence-corrected chi connectivity index (χ2v) is 8.08. The van der Waals surface area contributed by atoms with Gasteiger partial charge in [-0.2, -0.15) is 13.2 Å². The number of rotatable bonds is 3. The number of benzene rings is 2. The van der Waals surface area contributed by atoms with Crippen LogP contribution in [0.2, 0.25) is 10.0 Å². The highest BCUT2D eigenvalue weighted by Gasteiger charge is 2.31. The van der Waals surface area contributed by atoms with Gasteiger partial charge >= 0.3 is 6.18 Å².